The number of carbonyl (C=O) groups excluding carboxylic acids is 1. The Hall–Kier alpha value is -2.70. The third-order valence-corrected chi connectivity index (χ3v) is 8.69. The number of carboxylic acids is 1. The van der Waals surface area contributed by atoms with Gasteiger partial charge in [-0.3, -0.25) is 14.9 Å². The summed E-state index contributed by atoms with van der Waals surface area (Å²) in [4.78, 5) is 28.1. The summed E-state index contributed by atoms with van der Waals surface area (Å²) in [6, 6.07) is 8.42. The summed E-state index contributed by atoms with van der Waals surface area (Å²) in [7, 11) is -2.00. The predicted octanol–water partition coefficient (Wildman–Crippen LogP) is 2.47. The molecule has 4 rings (SSSR count). The zero-order valence-corrected chi connectivity index (χ0v) is 25.0. The van der Waals surface area contributed by atoms with Crippen molar-refractivity contribution in [1.82, 2.24) is 14.5 Å². The molecular formula is C27H37Cl2N5O5S. The zero-order valence-electron chi connectivity index (χ0n) is 22.6. The van der Waals surface area contributed by atoms with Gasteiger partial charge in [0.05, 0.1) is 10.9 Å². The average Bonchev–Trinajstić information content (AvgIpc) is 2.88. The second kappa shape index (κ2) is 13.8. The highest BCUT2D eigenvalue weighted by Crippen LogP contribution is 2.23. The van der Waals surface area contributed by atoms with Crippen LogP contribution in [0.1, 0.15) is 47.1 Å². The van der Waals surface area contributed by atoms with Gasteiger partial charge in [0.15, 0.2) is 0 Å². The highest BCUT2D eigenvalue weighted by Gasteiger charge is 2.34. The van der Waals surface area contributed by atoms with Gasteiger partial charge in [0.2, 0.25) is 5.91 Å². The van der Waals surface area contributed by atoms with Crippen molar-refractivity contribution in [3.05, 3.63) is 64.2 Å². The van der Waals surface area contributed by atoms with Gasteiger partial charge in [-0.05, 0) is 86.5 Å². The topological polar surface area (TPSA) is 157 Å². The van der Waals surface area contributed by atoms with E-state index in [1.54, 1.807) is 37.3 Å². The van der Waals surface area contributed by atoms with Gasteiger partial charge >= 0.3 is 5.97 Å². The molecule has 40 heavy (non-hydrogen) atoms. The van der Waals surface area contributed by atoms with E-state index in [2.05, 4.69) is 9.62 Å². The number of hydrogen-bond acceptors (Lipinski definition) is 7. The van der Waals surface area contributed by atoms with Crippen molar-refractivity contribution in [3.63, 3.8) is 0 Å². The molecular weight excluding hydrogens is 577 g/mol. The van der Waals surface area contributed by atoms with Crippen LogP contribution in [0.3, 0.4) is 0 Å². The lowest BCUT2D eigenvalue weighted by Gasteiger charge is -2.34. The molecule has 2 aromatic carbocycles. The normalized spacial score (nSPS) is 18.0. The Morgan fingerprint density at radius 1 is 1.12 bits per heavy atom. The number of nitrogens with zero attached hydrogens (tertiary/aromatic N) is 2. The van der Waals surface area contributed by atoms with Crippen LogP contribution in [0.25, 0.3) is 0 Å². The van der Waals surface area contributed by atoms with E-state index < -0.39 is 34.0 Å². The summed E-state index contributed by atoms with van der Waals surface area (Å²) in [5, 5.41) is 18.0. The number of piperidine rings is 1. The summed E-state index contributed by atoms with van der Waals surface area (Å²) < 4.78 is 28.6. The number of hydrogen-bond donors (Lipinski definition) is 4. The van der Waals surface area contributed by atoms with Crippen LogP contribution < -0.4 is 10.5 Å². The maximum atomic E-state index is 13.1. The summed E-state index contributed by atoms with van der Waals surface area (Å²) >= 11 is 0. The third-order valence-electron chi connectivity index (χ3n) is 7.34. The minimum atomic E-state index is -3.99. The van der Waals surface area contributed by atoms with Crippen LogP contribution in [0.15, 0.2) is 41.3 Å². The molecule has 5 N–H and O–H groups in total. The van der Waals surface area contributed by atoms with Crippen molar-refractivity contribution >= 4 is 52.5 Å². The molecule has 2 aliphatic heterocycles. The minimum absolute atomic E-state index is 0. The van der Waals surface area contributed by atoms with Crippen LogP contribution in [0.5, 0.6) is 0 Å². The molecule has 1 fully saturated rings. The van der Waals surface area contributed by atoms with Crippen molar-refractivity contribution in [2.45, 2.75) is 62.6 Å². The fourth-order valence-corrected chi connectivity index (χ4v) is 6.20. The summed E-state index contributed by atoms with van der Waals surface area (Å²) in [5.41, 5.74) is 10.0. The Kier molecular flexibility index (Phi) is 11.5. The molecule has 2 aliphatic rings. The summed E-state index contributed by atoms with van der Waals surface area (Å²) in [6.07, 6.45) is 2.88. The van der Waals surface area contributed by atoms with Gasteiger partial charge in [-0.1, -0.05) is 18.2 Å². The number of aryl methyl sites for hydroxylation is 1. The molecule has 2 atom stereocenters. The average molecular weight is 615 g/mol. The van der Waals surface area contributed by atoms with Crippen molar-refractivity contribution < 1.29 is 23.1 Å². The Bertz CT molecular complexity index is 1370. The van der Waals surface area contributed by atoms with Gasteiger partial charge in [-0.15, -0.1) is 24.8 Å². The van der Waals surface area contributed by atoms with Crippen LogP contribution in [-0.4, -0.2) is 73.3 Å². The molecule has 0 bridgehead atoms. The lowest BCUT2D eigenvalue weighted by molar-refractivity contribution is -0.152. The molecule has 0 aliphatic carbocycles. The number of rotatable bonds is 7. The fourth-order valence-electron chi connectivity index (χ4n) is 5.16. The van der Waals surface area contributed by atoms with Crippen LogP contribution >= 0.6 is 24.8 Å². The summed E-state index contributed by atoms with van der Waals surface area (Å²) in [5.74, 6) is -1.73. The number of nitrogens with two attached hydrogens (primary N) is 1. The number of carboxylic acid groups (broad SMARTS) is 1. The molecule has 1 saturated heterocycles. The first-order valence-electron chi connectivity index (χ1n) is 12.8. The molecule has 10 nitrogen and oxygen atoms in total. The smallest absolute Gasteiger partial charge is 0.326 e. The first-order valence-corrected chi connectivity index (χ1v) is 14.2. The first-order chi connectivity index (χ1) is 18.0. The van der Waals surface area contributed by atoms with Crippen LogP contribution in [0.4, 0.5) is 0 Å². The number of halogens is 2. The van der Waals surface area contributed by atoms with E-state index in [9.17, 15) is 23.1 Å². The number of carbonyl (C=O) groups is 2. The fraction of sp³-hybridized carbons (Fsp3) is 0.444. The van der Waals surface area contributed by atoms with Gasteiger partial charge in [-0.25, -0.2) is 13.2 Å². The zero-order chi connectivity index (χ0) is 27.6. The second-order valence-electron chi connectivity index (χ2n) is 10.2. The van der Waals surface area contributed by atoms with Crippen molar-refractivity contribution in [2.24, 2.45) is 5.73 Å². The molecule has 1 amide bonds. The standard InChI is InChI=1S/C27H35N5O5S.2ClH/c1-17-6-7-18(14-23(28)26(33)32-11-4-3-5-24(32)27(34)35)13-22(17)25(29)30-38(36,37)21-9-8-19-10-12-31(2)16-20(19)15-21;;/h6-9,13,15,23-24H,3-5,10-12,14,16,28H2,1-2H3,(H2,29,30)(H,34,35);2*1H/t23-,24-;;/m1../s1. The molecule has 0 saturated carbocycles. The largest absolute Gasteiger partial charge is 0.480 e. The second-order valence-corrected chi connectivity index (χ2v) is 11.9. The van der Waals surface area contributed by atoms with Gasteiger partial charge in [0.1, 0.15) is 11.9 Å². The Labute approximate surface area is 247 Å². The number of likely N-dealkylation sites (N-methyl/N-ethyl adjacent to an activating group) is 1. The predicted molar refractivity (Wildman–Crippen MR) is 158 cm³/mol. The van der Waals surface area contributed by atoms with Gasteiger partial charge in [0, 0.05) is 25.2 Å². The number of fused-ring (bicyclic) bond motifs is 1. The molecule has 0 spiro atoms. The molecule has 220 valence electrons. The lowest BCUT2D eigenvalue weighted by Crippen LogP contribution is -2.54. The van der Waals surface area contributed by atoms with E-state index >= 15 is 0 Å². The molecule has 0 unspecified atom stereocenters. The Morgan fingerprint density at radius 3 is 2.55 bits per heavy atom. The molecule has 2 heterocycles. The monoisotopic (exact) mass is 613 g/mol. The number of likely N-dealkylation sites (tertiary alicyclic amines) is 1. The SMILES string of the molecule is Cc1ccc(C[C@@H](N)C(=O)N2CCCC[C@@H]2C(=O)O)cc1C(=N)NS(=O)(=O)c1ccc2c(c1)CN(C)CC2.Cl.Cl. The number of aliphatic carboxylic acids is 1. The van der Waals surface area contributed by atoms with E-state index in [0.29, 0.717) is 36.2 Å². The molecule has 13 heteroatoms. The van der Waals surface area contributed by atoms with E-state index in [4.69, 9.17) is 11.1 Å². The molecule has 0 radical (unpaired) electrons. The minimum Gasteiger partial charge on any atom is -0.480 e. The number of amidine groups is 1. The molecule has 2 aromatic rings. The maximum absolute atomic E-state index is 13.1. The summed E-state index contributed by atoms with van der Waals surface area (Å²) in [6.45, 7) is 3.72. The van der Waals surface area contributed by atoms with E-state index in [1.165, 1.54) is 4.90 Å². The van der Waals surface area contributed by atoms with Gasteiger partial charge < -0.3 is 20.6 Å². The number of nitrogens with one attached hydrogen (secondary N) is 2. The van der Waals surface area contributed by atoms with Gasteiger partial charge in [-0.2, -0.15) is 0 Å². The van der Waals surface area contributed by atoms with Crippen LogP contribution in [-0.2, 0) is 39.0 Å². The quantitative estimate of drug-likeness (QED) is 0.276. The Morgan fingerprint density at radius 2 is 1.85 bits per heavy atom. The highest BCUT2D eigenvalue weighted by atomic mass is 35.5. The van der Waals surface area contributed by atoms with Gasteiger partial charge in [0.25, 0.3) is 10.0 Å². The van der Waals surface area contributed by atoms with E-state index in [0.717, 1.165) is 36.9 Å². The number of sulfonamides is 1. The van der Waals surface area contributed by atoms with Crippen molar-refractivity contribution in [2.75, 3.05) is 20.1 Å². The Balaban J connectivity index is 0.00000280. The van der Waals surface area contributed by atoms with Crippen molar-refractivity contribution in [1.29, 1.82) is 5.41 Å². The maximum Gasteiger partial charge on any atom is 0.326 e. The lowest BCUT2D eigenvalue weighted by atomic mass is 9.97. The number of benzene rings is 2. The van der Waals surface area contributed by atoms with Crippen molar-refractivity contribution in [3.8, 4) is 0 Å². The third kappa shape index (κ3) is 7.52. The molecule has 0 aromatic heterocycles. The number of amides is 1. The van der Waals surface area contributed by atoms with Crippen LogP contribution in [0, 0.1) is 12.3 Å². The highest BCUT2D eigenvalue weighted by molar-refractivity contribution is 7.90. The first kappa shape index (κ1) is 33.5. The van der Waals surface area contributed by atoms with E-state index in [1.807, 2.05) is 13.1 Å². The van der Waals surface area contributed by atoms with Crippen LogP contribution in [0.2, 0.25) is 0 Å². The van der Waals surface area contributed by atoms with E-state index in [-0.39, 0.29) is 42.0 Å².